The maximum atomic E-state index is 13.3. The summed E-state index contributed by atoms with van der Waals surface area (Å²) < 4.78 is 42.2. The molecule has 0 saturated carbocycles. The van der Waals surface area contributed by atoms with Crippen molar-refractivity contribution >= 4 is 33.4 Å². The first-order valence-corrected chi connectivity index (χ1v) is 12.2. The molecule has 0 aliphatic carbocycles. The highest BCUT2D eigenvalue weighted by Gasteiger charge is 2.40. The van der Waals surface area contributed by atoms with Gasteiger partial charge in [0, 0.05) is 51.9 Å². The fourth-order valence-electron chi connectivity index (χ4n) is 4.94. The second-order valence-electron chi connectivity index (χ2n) is 8.94. The predicted molar refractivity (Wildman–Crippen MR) is 137 cm³/mol. The minimum atomic E-state index is -4.41. The number of H-pyrrole nitrogens is 1. The number of benzene rings is 3. The normalized spacial score (nSPS) is 14.0. The molecule has 0 amide bonds. The Bertz CT molecular complexity index is 1460. The van der Waals surface area contributed by atoms with Crippen molar-refractivity contribution in [3.05, 3.63) is 107 Å². The van der Waals surface area contributed by atoms with E-state index in [9.17, 15) is 13.2 Å². The summed E-state index contributed by atoms with van der Waals surface area (Å²) in [5.41, 5.74) is 3.55. The van der Waals surface area contributed by atoms with E-state index >= 15 is 0 Å². The van der Waals surface area contributed by atoms with Gasteiger partial charge in [0.1, 0.15) is 4.87 Å². The van der Waals surface area contributed by atoms with Gasteiger partial charge in [-0.1, -0.05) is 68.3 Å². The summed E-state index contributed by atoms with van der Waals surface area (Å²) in [6.07, 6.45) is 2.81. The zero-order chi connectivity index (χ0) is 24.6. The van der Waals surface area contributed by atoms with E-state index in [4.69, 9.17) is 11.6 Å². The lowest BCUT2D eigenvalue weighted by molar-refractivity contribution is -0.137. The molecule has 0 bridgehead atoms. The van der Waals surface area contributed by atoms with Crippen LogP contribution in [0.25, 0.3) is 21.8 Å². The van der Waals surface area contributed by atoms with Crippen LogP contribution in [0.2, 0.25) is 0 Å². The molecular formula is C29H26ClF3N2. The minimum Gasteiger partial charge on any atom is -0.361 e. The van der Waals surface area contributed by atoms with E-state index < -0.39 is 16.6 Å². The van der Waals surface area contributed by atoms with Crippen LogP contribution in [0.4, 0.5) is 13.2 Å². The van der Waals surface area contributed by atoms with Crippen molar-refractivity contribution in [3.8, 4) is 0 Å². The lowest BCUT2D eigenvalue weighted by Gasteiger charge is -2.28. The Balaban J connectivity index is 1.76. The number of unbranched alkanes of at least 4 members (excludes halogenated alkanes) is 2. The molecule has 0 fully saturated rings. The third-order valence-corrected chi connectivity index (χ3v) is 7.36. The quantitative estimate of drug-likeness (QED) is 0.172. The minimum absolute atomic E-state index is 0.591. The number of nitrogens with one attached hydrogen (secondary N) is 1. The molecule has 5 aromatic rings. The van der Waals surface area contributed by atoms with Crippen LogP contribution >= 0.6 is 11.6 Å². The molecule has 2 aromatic heterocycles. The number of alkyl halides is 4. The maximum absolute atomic E-state index is 13.3. The molecule has 0 aliphatic rings. The number of aromatic nitrogens is 2. The number of rotatable bonds is 7. The summed E-state index contributed by atoms with van der Waals surface area (Å²) in [5, 5.41) is 1.93. The number of hydrogen-bond donors (Lipinski definition) is 1. The Labute approximate surface area is 207 Å². The highest BCUT2D eigenvalue weighted by atomic mass is 35.5. The first-order valence-electron chi connectivity index (χ1n) is 11.9. The number of para-hydroxylation sites is 2. The third-order valence-electron chi connectivity index (χ3n) is 6.73. The maximum Gasteiger partial charge on any atom is 0.416 e. The summed E-state index contributed by atoms with van der Waals surface area (Å²) in [6.45, 7) is 3.02. The van der Waals surface area contributed by atoms with Crippen LogP contribution in [0.1, 0.15) is 48.4 Å². The Hall–Kier alpha value is -3.18. The van der Waals surface area contributed by atoms with Crippen LogP contribution in [0.5, 0.6) is 0 Å². The molecule has 180 valence electrons. The Morgan fingerprint density at radius 3 is 2.17 bits per heavy atom. The van der Waals surface area contributed by atoms with Crippen molar-refractivity contribution in [2.45, 2.75) is 43.8 Å². The zero-order valence-corrected chi connectivity index (χ0v) is 20.1. The average Bonchev–Trinajstić information content (AvgIpc) is 3.46. The van der Waals surface area contributed by atoms with Crippen LogP contribution < -0.4 is 0 Å². The van der Waals surface area contributed by atoms with Gasteiger partial charge in [-0.25, -0.2) is 0 Å². The number of aryl methyl sites for hydroxylation is 1. The topological polar surface area (TPSA) is 20.7 Å². The summed E-state index contributed by atoms with van der Waals surface area (Å²) >= 11 is 7.64. The van der Waals surface area contributed by atoms with Crippen molar-refractivity contribution in [2.24, 2.45) is 0 Å². The molecule has 2 nitrogen and oxygen atoms in total. The van der Waals surface area contributed by atoms with Gasteiger partial charge in [-0.2, -0.15) is 13.2 Å². The average molecular weight is 495 g/mol. The van der Waals surface area contributed by atoms with Gasteiger partial charge in [0.2, 0.25) is 0 Å². The van der Waals surface area contributed by atoms with Crippen LogP contribution in [-0.2, 0) is 17.6 Å². The van der Waals surface area contributed by atoms with Crippen molar-refractivity contribution in [3.63, 3.8) is 0 Å². The van der Waals surface area contributed by atoms with E-state index in [1.54, 1.807) is 0 Å². The molecule has 0 spiro atoms. The number of aromatic amines is 1. The molecule has 35 heavy (non-hydrogen) atoms. The number of fused-ring (bicyclic) bond motifs is 2. The molecule has 1 unspecified atom stereocenters. The van der Waals surface area contributed by atoms with Crippen molar-refractivity contribution in [2.75, 3.05) is 0 Å². The monoisotopic (exact) mass is 494 g/mol. The first-order chi connectivity index (χ1) is 16.8. The molecule has 5 rings (SSSR count). The molecule has 2 heterocycles. The molecule has 0 radical (unpaired) electrons. The van der Waals surface area contributed by atoms with Gasteiger partial charge in [0.05, 0.1) is 5.56 Å². The van der Waals surface area contributed by atoms with Crippen molar-refractivity contribution in [1.29, 1.82) is 0 Å². The predicted octanol–water partition coefficient (Wildman–Crippen LogP) is 8.86. The van der Waals surface area contributed by atoms with E-state index in [1.807, 2.05) is 48.7 Å². The molecular weight excluding hydrogens is 469 g/mol. The number of halogens is 4. The van der Waals surface area contributed by atoms with Crippen LogP contribution in [0.3, 0.4) is 0 Å². The van der Waals surface area contributed by atoms with Gasteiger partial charge >= 0.3 is 6.18 Å². The second-order valence-corrected chi connectivity index (χ2v) is 9.51. The molecule has 1 atom stereocenters. The molecule has 0 aliphatic heterocycles. The largest absolute Gasteiger partial charge is 0.416 e. The van der Waals surface area contributed by atoms with Gasteiger partial charge in [-0.15, -0.1) is 11.6 Å². The van der Waals surface area contributed by atoms with Gasteiger partial charge in [-0.05, 0) is 36.2 Å². The SMILES string of the molecule is CCCCCn1cc(C(Cl)(c2ccc(C(F)(F)F)cc2)c2c[nH]c3ccccc23)c2ccccc21. The van der Waals surface area contributed by atoms with Gasteiger partial charge in [-0.3, -0.25) is 0 Å². The highest BCUT2D eigenvalue weighted by molar-refractivity contribution is 6.30. The van der Waals surface area contributed by atoms with Crippen LogP contribution in [0.15, 0.2) is 85.2 Å². The Morgan fingerprint density at radius 2 is 1.46 bits per heavy atom. The second kappa shape index (κ2) is 9.12. The number of hydrogen-bond acceptors (Lipinski definition) is 0. The Morgan fingerprint density at radius 1 is 0.800 bits per heavy atom. The fraction of sp³-hybridized carbons (Fsp3) is 0.241. The van der Waals surface area contributed by atoms with Crippen LogP contribution in [-0.4, -0.2) is 9.55 Å². The Kier molecular flexibility index (Phi) is 6.14. The summed E-state index contributed by atoms with van der Waals surface area (Å²) in [6, 6.07) is 21.2. The molecule has 1 N–H and O–H groups in total. The highest BCUT2D eigenvalue weighted by Crippen LogP contribution is 2.49. The van der Waals surface area contributed by atoms with Crippen molar-refractivity contribution in [1.82, 2.24) is 9.55 Å². The van der Waals surface area contributed by atoms with Gasteiger partial charge < -0.3 is 9.55 Å². The first kappa shape index (κ1) is 23.6. The van der Waals surface area contributed by atoms with E-state index in [-0.39, 0.29) is 0 Å². The van der Waals surface area contributed by atoms with E-state index in [1.165, 1.54) is 12.1 Å². The standard InChI is InChI=1S/C29H26ClF3N2/c1-2-3-8-17-35-19-25(23-10-5-7-12-27(23)35)28(30,20-13-15-21(16-14-20)29(31,32)33)24-18-34-26-11-6-4-9-22(24)26/h4-7,9-16,18-19,34H,2-3,8,17H2,1H3. The fourth-order valence-corrected chi connectivity index (χ4v) is 5.37. The summed E-state index contributed by atoms with van der Waals surface area (Å²) in [7, 11) is 0. The van der Waals surface area contributed by atoms with E-state index in [2.05, 4.69) is 28.7 Å². The van der Waals surface area contributed by atoms with Gasteiger partial charge in [0.25, 0.3) is 0 Å². The van der Waals surface area contributed by atoms with Crippen LogP contribution in [0, 0.1) is 0 Å². The summed E-state index contributed by atoms with van der Waals surface area (Å²) in [5.74, 6) is 0. The van der Waals surface area contributed by atoms with E-state index in [0.717, 1.165) is 70.9 Å². The smallest absolute Gasteiger partial charge is 0.361 e. The third kappa shape index (κ3) is 4.12. The lowest BCUT2D eigenvalue weighted by atomic mass is 9.83. The summed E-state index contributed by atoms with van der Waals surface area (Å²) in [4.78, 5) is 2.10. The zero-order valence-electron chi connectivity index (χ0n) is 19.4. The number of nitrogens with zero attached hydrogens (tertiary/aromatic N) is 1. The van der Waals surface area contributed by atoms with E-state index in [0.29, 0.717) is 5.56 Å². The lowest BCUT2D eigenvalue weighted by Crippen LogP contribution is -2.22. The van der Waals surface area contributed by atoms with Gasteiger partial charge in [0.15, 0.2) is 0 Å². The van der Waals surface area contributed by atoms with Crippen molar-refractivity contribution < 1.29 is 13.2 Å². The molecule has 6 heteroatoms. The molecule has 3 aromatic carbocycles. The molecule has 0 saturated heterocycles.